The number of amides is 2. The number of anilines is 1. The van der Waals surface area contributed by atoms with Gasteiger partial charge in [0.2, 0.25) is 11.8 Å². The molecule has 0 radical (unpaired) electrons. The van der Waals surface area contributed by atoms with E-state index in [-0.39, 0.29) is 17.7 Å². The molecule has 1 aromatic carbocycles. The smallest absolute Gasteiger partial charge is 0.227 e. The Bertz CT molecular complexity index is 648. The van der Waals surface area contributed by atoms with Crippen LogP contribution in [-0.2, 0) is 9.59 Å². The van der Waals surface area contributed by atoms with E-state index >= 15 is 0 Å². The summed E-state index contributed by atoms with van der Waals surface area (Å²) in [7, 11) is 0. The first-order valence-electron chi connectivity index (χ1n) is 9.25. The lowest BCUT2D eigenvalue weighted by atomic mass is 9.65. The molecule has 1 spiro atoms. The molecule has 128 valence electrons. The van der Waals surface area contributed by atoms with Crippen LogP contribution in [0.25, 0.3) is 0 Å². The minimum absolute atomic E-state index is 0.0591. The summed E-state index contributed by atoms with van der Waals surface area (Å²) in [5.41, 5.74) is 2.46. The van der Waals surface area contributed by atoms with Crippen LogP contribution in [-0.4, -0.2) is 24.4 Å². The fourth-order valence-electron chi connectivity index (χ4n) is 4.74. The van der Waals surface area contributed by atoms with Gasteiger partial charge in [0.05, 0.1) is 5.92 Å². The van der Waals surface area contributed by atoms with Gasteiger partial charge in [-0.05, 0) is 50.2 Å². The highest BCUT2D eigenvalue weighted by Gasteiger charge is 2.48. The third-order valence-corrected chi connectivity index (χ3v) is 6.41. The van der Waals surface area contributed by atoms with Crippen molar-refractivity contribution in [2.24, 2.45) is 11.3 Å². The number of nitrogens with zero attached hydrogens (tertiary/aromatic N) is 1. The molecule has 4 rings (SSSR count). The predicted molar refractivity (Wildman–Crippen MR) is 93.7 cm³/mol. The second kappa shape index (κ2) is 5.91. The molecular weight excluding hydrogens is 300 g/mol. The van der Waals surface area contributed by atoms with Crippen molar-refractivity contribution in [1.82, 2.24) is 5.32 Å². The van der Waals surface area contributed by atoms with Gasteiger partial charge in [-0.25, -0.2) is 0 Å². The van der Waals surface area contributed by atoms with Crippen molar-refractivity contribution in [2.75, 3.05) is 11.4 Å². The first-order chi connectivity index (χ1) is 11.6. The van der Waals surface area contributed by atoms with Gasteiger partial charge in [-0.3, -0.25) is 9.59 Å². The summed E-state index contributed by atoms with van der Waals surface area (Å²) in [4.78, 5) is 26.8. The average molecular weight is 326 g/mol. The lowest BCUT2D eigenvalue weighted by Gasteiger charge is -2.44. The number of rotatable bonds is 3. The van der Waals surface area contributed by atoms with Gasteiger partial charge in [-0.1, -0.05) is 30.5 Å². The Morgan fingerprint density at radius 3 is 2.54 bits per heavy atom. The van der Waals surface area contributed by atoms with E-state index < -0.39 is 0 Å². The molecule has 0 aromatic heterocycles. The van der Waals surface area contributed by atoms with Crippen molar-refractivity contribution >= 4 is 17.5 Å². The maximum Gasteiger partial charge on any atom is 0.227 e. The second-order valence-corrected chi connectivity index (χ2v) is 7.91. The highest BCUT2D eigenvalue weighted by atomic mass is 16.2. The first kappa shape index (κ1) is 15.7. The van der Waals surface area contributed by atoms with Gasteiger partial charge in [-0.15, -0.1) is 0 Å². The van der Waals surface area contributed by atoms with E-state index in [0.29, 0.717) is 24.4 Å². The summed E-state index contributed by atoms with van der Waals surface area (Å²) in [6.45, 7) is 2.54. The Hall–Kier alpha value is -1.84. The van der Waals surface area contributed by atoms with E-state index in [9.17, 15) is 9.59 Å². The van der Waals surface area contributed by atoms with Crippen LogP contribution in [0.2, 0.25) is 0 Å². The summed E-state index contributed by atoms with van der Waals surface area (Å²) in [5, 5.41) is 3.30. The molecule has 2 amide bonds. The zero-order valence-corrected chi connectivity index (χ0v) is 14.4. The predicted octanol–water partition coefficient (Wildman–Crippen LogP) is 3.19. The number of carbonyl (C=O) groups excluding carboxylic acids is 2. The van der Waals surface area contributed by atoms with Gasteiger partial charge >= 0.3 is 0 Å². The Kier molecular flexibility index (Phi) is 3.86. The number of hydrogen-bond donors (Lipinski definition) is 1. The molecule has 4 heteroatoms. The molecule has 1 heterocycles. The number of nitrogens with one attached hydrogen (secondary N) is 1. The lowest BCUT2D eigenvalue weighted by molar-refractivity contribution is -0.128. The average Bonchev–Trinajstić information content (AvgIpc) is 3.12. The molecule has 2 aliphatic carbocycles. The van der Waals surface area contributed by atoms with E-state index in [2.05, 4.69) is 5.32 Å². The summed E-state index contributed by atoms with van der Waals surface area (Å²) in [6.07, 6.45) is 7.75. The van der Waals surface area contributed by atoms with E-state index in [0.717, 1.165) is 12.1 Å². The zero-order valence-electron chi connectivity index (χ0n) is 14.4. The molecule has 2 saturated carbocycles. The van der Waals surface area contributed by atoms with Gasteiger partial charge in [0.25, 0.3) is 0 Å². The van der Waals surface area contributed by atoms with Crippen LogP contribution in [0.1, 0.15) is 50.5 Å². The van der Waals surface area contributed by atoms with Crippen LogP contribution in [0.3, 0.4) is 0 Å². The largest absolute Gasteiger partial charge is 0.353 e. The summed E-state index contributed by atoms with van der Waals surface area (Å²) < 4.78 is 0. The molecule has 3 aliphatic rings. The van der Waals surface area contributed by atoms with E-state index in [4.69, 9.17) is 0 Å². The van der Waals surface area contributed by atoms with Crippen molar-refractivity contribution in [3.63, 3.8) is 0 Å². The SMILES string of the molecule is Cc1ccc(N2CC(C(=O)NC3CCCC34CCC4)CC2=O)cc1. The van der Waals surface area contributed by atoms with Gasteiger partial charge < -0.3 is 10.2 Å². The van der Waals surface area contributed by atoms with E-state index in [1.807, 2.05) is 31.2 Å². The van der Waals surface area contributed by atoms with Crippen LogP contribution in [0, 0.1) is 18.3 Å². The van der Waals surface area contributed by atoms with Crippen molar-refractivity contribution in [2.45, 2.75) is 57.9 Å². The second-order valence-electron chi connectivity index (χ2n) is 7.91. The number of carbonyl (C=O) groups is 2. The monoisotopic (exact) mass is 326 g/mol. The van der Waals surface area contributed by atoms with Crippen LogP contribution >= 0.6 is 0 Å². The van der Waals surface area contributed by atoms with E-state index in [1.54, 1.807) is 4.90 Å². The highest BCUT2D eigenvalue weighted by Crippen LogP contribution is 2.53. The van der Waals surface area contributed by atoms with Crippen molar-refractivity contribution < 1.29 is 9.59 Å². The fraction of sp³-hybridized carbons (Fsp3) is 0.600. The first-order valence-corrected chi connectivity index (χ1v) is 9.25. The maximum atomic E-state index is 12.7. The molecule has 1 aliphatic heterocycles. The molecule has 2 unspecified atom stereocenters. The van der Waals surface area contributed by atoms with Gasteiger partial charge in [0.15, 0.2) is 0 Å². The Morgan fingerprint density at radius 1 is 1.17 bits per heavy atom. The van der Waals surface area contributed by atoms with Crippen molar-refractivity contribution in [3.05, 3.63) is 29.8 Å². The van der Waals surface area contributed by atoms with Crippen LogP contribution in [0.15, 0.2) is 24.3 Å². The minimum Gasteiger partial charge on any atom is -0.353 e. The van der Waals surface area contributed by atoms with E-state index in [1.165, 1.54) is 37.7 Å². The summed E-state index contributed by atoms with van der Waals surface area (Å²) >= 11 is 0. The molecule has 0 bridgehead atoms. The molecule has 24 heavy (non-hydrogen) atoms. The molecule has 1 N–H and O–H groups in total. The maximum absolute atomic E-state index is 12.7. The molecular formula is C20H26N2O2. The quantitative estimate of drug-likeness (QED) is 0.927. The standard InChI is InChI=1S/C20H26N2O2/c1-14-5-7-16(8-6-14)22-13-15(12-18(22)23)19(24)21-17-4-2-9-20(17)10-3-11-20/h5-8,15,17H,2-4,9-13H2,1H3,(H,21,24). The van der Waals surface area contributed by atoms with Crippen LogP contribution in [0.5, 0.6) is 0 Å². The molecule has 2 atom stereocenters. The molecule has 4 nitrogen and oxygen atoms in total. The van der Waals surface area contributed by atoms with Gasteiger partial charge in [-0.2, -0.15) is 0 Å². The van der Waals surface area contributed by atoms with Crippen LogP contribution in [0.4, 0.5) is 5.69 Å². The van der Waals surface area contributed by atoms with Gasteiger partial charge in [0, 0.05) is 24.7 Å². The van der Waals surface area contributed by atoms with Crippen LogP contribution < -0.4 is 10.2 Å². The topological polar surface area (TPSA) is 49.4 Å². The number of hydrogen-bond acceptors (Lipinski definition) is 2. The van der Waals surface area contributed by atoms with Gasteiger partial charge in [0.1, 0.15) is 0 Å². The Morgan fingerprint density at radius 2 is 1.88 bits per heavy atom. The number of aryl methyl sites for hydroxylation is 1. The Labute approximate surface area is 143 Å². The third-order valence-electron chi connectivity index (χ3n) is 6.41. The summed E-state index contributed by atoms with van der Waals surface area (Å²) in [5.74, 6) is -0.0727. The minimum atomic E-state index is -0.212. The molecule has 3 fully saturated rings. The zero-order chi connectivity index (χ0) is 16.7. The molecule has 1 aromatic rings. The van der Waals surface area contributed by atoms with Crippen molar-refractivity contribution in [3.8, 4) is 0 Å². The van der Waals surface area contributed by atoms with Crippen molar-refractivity contribution in [1.29, 1.82) is 0 Å². The highest BCUT2D eigenvalue weighted by molar-refractivity contribution is 6.00. The Balaban J connectivity index is 1.41. The lowest BCUT2D eigenvalue weighted by Crippen LogP contribution is -2.49. The third kappa shape index (κ3) is 2.62. The summed E-state index contributed by atoms with van der Waals surface area (Å²) in [6, 6.07) is 8.29. The number of benzene rings is 1. The normalized spacial score (nSPS) is 28.2. The fourth-order valence-corrected chi connectivity index (χ4v) is 4.74. The molecule has 1 saturated heterocycles.